The third-order valence-corrected chi connectivity index (χ3v) is 21.1. The molecule has 0 aliphatic rings. The Hall–Kier alpha value is -8.88. The van der Waals surface area contributed by atoms with Crippen molar-refractivity contribution < 1.29 is 28.6 Å². The van der Waals surface area contributed by atoms with Gasteiger partial charge in [-0.15, -0.1) is 12.6 Å². The van der Waals surface area contributed by atoms with Crippen LogP contribution in [0.2, 0.25) is 20.1 Å². The second-order valence-corrected chi connectivity index (χ2v) is 30.6. The zero-order valence-electron chi connectivity index (χ0n) is 61.5. The van der Waals surface area contributed by atoms with Crippen LogP contribution in [-0.2, 0) is 40.4 Å². The maximum absolute atomic E-state index is 12.1. The van der Waals surface area contributed by atoms with Gasteiger partial charge in [0.1, 0.15) is 4.60 Å². The summed E-state index contributed by atoms with van der Waals surface area (Å²) in [7, 11) is 0. The van der Waals surface area contributed by atoms with Gasteiger partial charge in [-0.3, -0.25) is 23.3 Å². The molecule has 0 saturated carbocycles. The summed E-state index contributed by atoms with van der Waals surface area (Å²) >= 11 is 38.9. The lowest BCUT2D eigenvalue weighted by molar-refractivity contribution is 0.0516. The third-order valence-electron chi connectivity index (χ3n) is 16.3. The fourth-order valence-electron chi connectivity index (χ4n) is 11.4. The lowest BCUT2D eigenvalue weighted by atomic mass is 10.2. The summed E-state index contributed by atoms with van der Waals surface area (Å²) < 4.78 is 31.1. The highest BCUT2D eigenvalue weighted by atomic mass is 79.9. The van der Waals surface area contributed by atoms with E-state index in [1.54, 1.807) is 80.8 Å². The quantitative estimate of drug-likeness (QED) is 0.0395. The zero-order chi connectivity index (χ0) is 78.2. The molecule has 15 aromatic rings. The second kappa shape index (κ2) is 41.4. The van der Waals surface area contributed by atoms with Crippen LogP contribution in [0.5, 0.6) is 0 Å². The van der Waals surface area contributed by atoms with Gasteiger partial charge < -0.3 is 28.3 Å². The molecule has 570 valence electrons. The number of aromatic nitrogens is 12. The Morgan fingerprint density at radius 1 is 0.455 bits per heavy atom. The normalized spacial score (nSPS) is 10.9. The van der Waals surface area contributed by atoms with Gasteiger partial charge in [0.2, 0.25) is 0 Å². The van der Waals surface area contributed by atoms with Gasteiger partial charge in [-0.25, -0.2) is 14.4 Å². The van der Waals surface area contributed by atoms with Gasteiger partial charge in [0.05, 0.1) is 104 Å². The Bertz CT molecular complexity index is 5570. The number of nitrogens with one attached hydrogen (secondary N) is 1. The standard InChI is InChI=1S/C23H21BrClN3O2S.C23H22ClN3O2S.C14H14ClN3.C9H10O2S.C8H6ClN.C6H9BrN2/c1-3-10-27-14-17(13-26-27)28-20-12-16(25)8-9-19(20)21(22(28)24)31-18-7-5-6-15(11-18)23(29)30-4-2;1-3-10-26-14-18(13-25-26)27-15-22(20-9-8-17(24)12-21(20)27)30-19-7-5-6-16(11-19)23(28)29-4-2;1-2-6-17-10-13(9-16-17)18-7-5-11-3-4-12(15)8-14(11)18;1-2-11-9(10)7-4-3-5-8(12)6-7;9-7-2-1-6-3-4-10-8(6)5-7;1-2-3-9-5-6(7)4-8-9/h5-9,11-14H,3-4,10H2,1-2H3;5-9,11-15H,3-4,10H2,1-2H3;3-5,7-10H,2,6H2,1H3;3-6,12H,2H2,1H3;1-5,10H;4-5H,2-3H2,1H3. The highest BCUT2D eigenvalue weighted by molar-refractivity contribution is 9.10. The number of hydrogen-bond acceptors (Lipinski definition) is 13. The van der Waals surface area contributed by atoms with Crippen LogP contribution in [0, 0.1) is 0 Å². The molecule has 18 nitrogen and oxygen atoms in total. The van der Waals surface area contributed by atoms with Crippen molar-refractivity contribution in [3.63, 3.8) is 0 Å². The van der Waals surface area contributed by atoms with E-state index < -0.39 is 0 Å². The van der Waals surface area contributed by atoms with Crippen LogP contribution in [0.15, 0.2) is 259 Å². The van der Waals surface area contributed by atoms with Crippen LogP contribution in [-0.4, -0.2) is 95.5 Å². The lowest BCUT2D eigenvalue weighted by Crippen LogP contribution is -2.04. The number of halogens is 6. The molecule has 0 radical (unpaired) electrons. The molecular weight excluding hydrogens is 1660 g/mol. The Labute approximate surface area is 689 Å². The largest absolute Gasteiger partial charge is 0.462 e. The van der Waals surface area contributed by atoms with Gasteiger partial charge in [-0.1, -0.05) is 140 Å². The fraction of sp³-hybridized carbons (Fsp3) is 0.217. The van der Waals surface area contributed by atoms with Crippen LogP contribution in [0.1, 0.15) is 105 Å². The van der Waals surface area contributed by atoms with Crippen LogP contribution < -0.4 is 0 Å². The van der Waals surface area contributed by atoms with E-state index in [-0.39, 0.29) is 17.9 Å². The minimum atomic E-state index is -0.318. The lowest BCUT2D eigenvalue weighted by Gasteiger charge is -2.06. The molecule has 0 aliphatic heterocycles. The molecule has 15 rings (SSSR count). The summed E-state index contributed by atoms with van der Waals surface area (Å²) in [5, 5.41) is 24.8. The van der Waals surface area contributed by atoms with E-state index in [0.29, 0.717) is 46.6 Å². The molecular formula is C83H82Br2Cl4N12O6S3. The first-order chi connectivity index (χ1) is 53.3. The topological polar surface area (TPSA) is 181 Å². The summed E-state index contributed by atoms with van der Waals surface area (Å²) in [5.41, 5.74) is 8.85. The van der Waals surface area contributed by atoms with Crippen molar-refractivity contribution in [2.75, 3.05) is 19.8 Å². The van der Waals surface area contributed by atoms with Crippen molar-refractivity contribution >= 4 is 176 Å². The smallest absolute Gasteiger partial charge is 0.338 e. The molecule has 0 atom stereocenters. The van der Waals surface area contributed by atoms with E-state index in [9.17, 15) is 14.4 Å². The second-order valence-electron chi connectivity index (χ2n) is 24.5. The molecule has 8 heterocycles. The number of fused-ring (bicyclic) bond motifs is 4. The summed E-state index contributed by atoms with van der Waals surface area (Å²) in [6, 6.07) is 49.5. The predicted molar refractivity (Wildman–Crippen MR) is 457 cm³/mol. The summed E-state index contributed by atoms with van der Waals surface area (Å²) in [6.45, 7) is 18.7. The number of aryl methyl sites for hydroxylation is 4. The number of H-pyrrole nitrogens is 1. The Kier molecular flexibility index (Phi) is 31.5. The zero-order valence-corrected chi connectivity index (χ0v) is 70.3. The third kappa shape index (κ3) is 22.7. The monoisotopic (exact) mass is 1740 g/mol. The Morgan fingerprint density at radius 3 is 1.46 bits per heavy atom. The number of nitrogens with zero attached hydrogens (tertiary/aromatic N) is 11. The number of carbonyl (C=O) groups is 3. The predicted octanol–water partition coefficient (Wildman–Crippen LogP) is 24.1. The van der Waals surface area contributed by atoms with E-state index in [4.69, 9.17) is 60.6 Å². The van der Waals surface area contributed by atoms with E-state index >= 15 is 0 Å². The fourth-order valence-corrected chi connectivity index (χ4v) is 15.6. The molecule has 0 bridgehead atoms. The first kappa shape index (κ1) is 83.6. The number of esters is 3. The number of rotatable bonds is 21. The number of aromatic amines is 1. The molecule has 0 fully saturated rings. The molecule has 1 N–H and O–H groups in total. The molecule has 0 aliphatic carbocycles. The first-order valence-corrected chi connectivity index (χ1v) is 40.9. The number of benzene rings is 7. The van der Waals surface area contributed by atoms with Crippen molar-refractivity contribution in [2.24, 2.45) is 0 Å². The van der Waals surface area contributed by atoms with Gasteiger partial charge in [0, 0.05) is 131 Å². The molecule has 0 unspecified atom stereocenters. The molecule has 27 heteroatoms. The van der Waals surface area contributed by atoms with Gasteiger partial charge in [0.25, 0.3) is 0 Å². The average molecular weight is 1740 g/mol. The highest BCUT2D eigenvalue weighted by Crippen LogP contribution is 2.44. The van der Waals surface area contributed by atoms with Crippen molar-refractivity contribution in [2.45, 2.75) is 125 Å². The van der Waals surface area contributed by atoms with Gasteiger partial charge in [-0.05, 0) is 199 Å². The van der Waals surface area contributed by atoms with E-state index in [2.05, 4.69) is 130 Å². The molecule has 0 spiro atoms. The summed E-state index contributed by atoms with van der Waals surface area (Å²) in [6.07, 6.45) is 25.8. The van der Waals surface area contributed by atoms with Crippen molar-refractivity contribution in [1.82, 2.24) is 57.8 Å². The van der Waals surface area contributed by atoms with E-state index in [1.807, 2.05) is 190 Å². The molecule has 110 heavy (non-hydrogen) atoms. The first-order valence-electron chi connectivity index (χ1n) is 35.7. The van der Waals surface area contributed by atoms with Crippen molar-refractivity contribution in [1.29, 1.82) is 0 Å². The number of thiol groups is 1. The van der Waals surface area contributed by atoms with Gasteiger partial charge in [0.15, 0.2) is 0 Å². The van der Waals surface area contributed by atoms with Gasteiger partial charge in [-0.2, -0.15) is 20.4 Å². The summed E-state index contributed by atoms with van der Waals surface area (Å²) in [4.78, 5) is 43.2. The van der Waals surface area contributed by atoms with E-state index in [0.717, 1.165) is 145 Å². The number of carbonyl (C=O) groups excluding carboxylic acids is 3. The molecule has 0 saturated heterocycles. The minimum Gasteiger partial charge on any atom is -0.462 e. The molecule has 7 aromatic carbocycles. The van der Waals surface area contributed by atoms with Crippen LogP contribution >= 0.6 is 114 Å². The Balaban J connectivity index is 0.000000149. The average Bonchev–Trinajstić information content (AvgIpc) is 1.61. The van der Waals surface area contributed by atoms with E-state index in [1.165, 1.54) is 10.8 Å². The van der Waals surface area contributed by atoms with Gasteiger partial charge >= 0.3 is 17.9 Å². The van der Waals surface area contributed by atoms with Crippen LogP contribution in [0.25, 0.3) is 60.7 Å². The SMILES string of the molecule is CCCn1cc(-n2c(Br)c(Sc3cccc(C(=O)OCC)c3)c3ccc(Cl)cc32)cn1.CCCn1cc(-n2cc(Sc3cccc(C(=O)OCC)c3)c3ccc(Cl)cc32)cn1.CCCn1cc(-n2ccc3ccc(Cl)cc32)cn1.CCCn1cc(Br)cn1.CCOC(=O)c1cccc(S)c1.Clc1ccc2cc[nH]c2c1. The maximum atomic E-state index is 12.1. The Morgan fingerprint density at radius 2 is 0.918 bits per heavy atom. The molecule has 0 amide bonds. The minimum absolute atomic E-state index is 0.298. The van der Waals surface area contributed by atoms with Crippen LogP contribution in [0.4, 0.5) is 0 Å². The van der Waals surface area contributed by atoms with Crippen molar-refractivity contribution in [3.05, 3.63) is 272 Å². The van der Waals surface area contributed by atoms with Crippen molar-refractivity contribution in [3.8, 4) is 17.1 Å². The number of hydrogen-bond donors (Lipinski definition) is 2. The number of ether oxygens (including phenoxy) is 3. The maximum Gasteiger partial charge on any atom is 0.338 e. The summed E-state index contributed by atoms with van der Waals surface area (Å²) in [5.74, 6) is -0.924. The molecule has 8 aromatic heterocycles. The highest BCUT2D eigenvalue weighted by Gasteiger charge is 2.21. The van der Waals surface area contributed by atoms with Crippen LogP contribution in [0.3, 0.4) is 0 Å².